The molecule has 6 nitrogen and oxygen atoms in total. The topological polar surface area (TPSA) is 84.2 Å². The minimum absolute atomic E-state index is 0.0277. The Hall–Kier alpha value is -2.63. The van der Waals surface area contributed by atoms with E-state index in [0.717, 1.165) is 49.0 Å². The van der Waals surface area contributed by atoms with Gasteiger partial charge in [-0.1, -0.05) is 19.1 Å². The van der Waals surface area contributed by atoms with Crippen LogP contribution in [0.15, 0.2) is 24.3 Å². The van der Waals surface area contributed by atoms with E-state index in [9.17, 15) is 14.7 Å². The summed E-state index contributed by atoms with van der Waals surface area (Å²) in [5.41, 5.74) is 4.19. The molecule has 2 N–H and O–H groups in total. The average molecular weight is 367 g/mol. The van der Waals surface area contributed by atoms with E-state index in [1.165, 1.54) is 5.56 Å². The quantitative estimate of drug-likeness (QED) is 0.822. The van der Waals surface area contributed by atoms with E-state index in [4.69, 9.17) is 0 Å². The fourth-order valence-corrected chi connectivity index (χ4v) is 4.25. The Morgan fingerprint density at radius 1 is 1.19 bits per heavy atom. The summed E-state index contributed by atoms with van der Waals surface area (Å²) in [7, 11) is 0. The Balaban J connectivity index is 1.63. The lowest BCUT2D eigenvalue weighted by Gasteiger charge is -2.41. The molecule has 1 heterocycles. The van der Waals surface area contributed by atoms with Gasteiger partial charge in [0.1, 0.15) is 0 Å². The van der Waals surface area contributed by atoms with Gasteiger partial charge in [-0.2, -0.15) is 5.10 Å². The SMILES string of the molecule is CCc1ccc(-n2nc(C(=O)NC3(CC(=O)O)CCC3)c3c2CCC3)cc1. The first kappa shape index (κ1) is 17.8. The molecule has 4 rings (SSSR count). The number of carbonyl (C=O) groups is 2. The number of aromatic nitrogens is 2. The van der Waals surface area contributed by atoms with Crippen LogP contribution in [-0.2, 0) is 24.1 Å². The number of benzene rings is 1. The molecule has 0 aliphatic heterocycles. The Morgan fingerprint density at radius 2 is 1.93 bits per heavy atom. The standard InChI is InChI=1S/C21H25N3O3/c1-2-14-7-9-15(10-8-14)24-17-6-3-5-16(17)19(23-24)20(27)22-21(11-4-12-21)13-18(25)26/h7-10H,2-6,11-13H2,1H3,(H,22,27)(H,25,26). The lowest BCUT2D eigenvalue weighted by atomic mass is 9.74. The third kappa shape index (κ3) is 3.24. The van der Waals surface area contributed by atoms with Gasteiger partial charge in [-0.05, 0) is 62.6 Å². The first-order chi connectivity index (χ1) is 13.0. The zero-order valence-corrected chi connectivity index (χ0v) is 15.6. The summed E-state index contributed by atoms with van der Waals surface area (Å²) in [5, 5.41) is 16.8. The van der Waals surface area contributed by atoms with Gasteiger partial charge in [0.2, 0.25) is 0 Å². The van der Waals surface area contributed by atoms with Gasteiger partial charge in [-0.15, -0.1) is 0 Å². The molecule has 0 bridgehead atoms. The number of carbonyl (C=O) groups excluding carboxylic acids is 1. The van der Waals surface area contributed by atoms with Crippen LogP contribution in [0.4, 0.5) is 0 Å². The van der Waals surface area contributed by atoms with E-state index in [0.29, 0.717) is 18.5 Å². The molecule has 2 aromatic rings. The minimum atomic E-state index is -0.873. The molecule has 0 saturated heterocycles. The largest absolute Gasteiger partial charge is 0.481 e. The van der Waals surface area contributed by atoms with Gasteiger partial charge in [0.15, 0.2) is 5.69 Å². The van der Waals surface area contributed by atoms with E-state index in [-0.39, 0.29) is 12.3 Å². The summed E-state index contributed by atoms with van der Waals surface area (Å²) in [6.07, 6.45) is 6.10. The first-order valence-electron chi connectivity index (χ1n) is 9.76. The molecule has 0 atom stereocenters. The highest BCUT2D eigenvalue weighted by molar-refractivity contribution is 5.95. The van der Waals surface area contributed by atoms with Crippen molar-refractivity contribution in [3.05, 3.63) is 46.8 Å². The lowest BCUT2D eigenvalue weighted by molar-refractivity contribution is -0.139. The summed E-state index contributed by atoms with van der Waals surface area (Å²) in [6.45, 7) is 2.12. The maximum atomic E-state index is 13.0. The highest BCUT2D eigenvalue weighted by Crippen LogP contribution is 2.36. The molecule has 0 radical (unpaired) electrons. The smallest absolute Gasteiger partial charge is 0.305 e. The number of hydrogen-bond acceptors (Lipinski definition) is 3. The van der Waals surface area contributed by atoms with Crippen LogP contribution in [0.1, 0.15) is 66.3 Å². The van der Waals surface area contributed by atoms with Gasteiger partial charge in [-0.25, -0.2) is 4.68 Å². The van der Waals surface area contributed by atoms with Crippen molar-refractivity contribution in [3.63, 3.8) is 0 Å². The third-order valence-corrected chi connectivity index (χ3v) is 5.91. The zero-order valence-electron chi connectivity index (χ0n) is 15.6. The van der Waals surface area contributed by atoms with Crippen molar-refractivity contribution in [2.45, 2.75) is 63.8 Å². The molecule has 2 aliphatic carbocycles. The van der Waals surface area contributed by atoms with Crippen LogP contribution in [0, 0.1) is 0 Å². The molecular weight excluding hydrogens is 342 g/mol. The van der Waals surface area contributed by atoms with E-state index in [1.54, 1.807) is 0 Å². The van der Waals surface area contributed by atoms with Gasteiger partial charge >= 0.3 is 5.97 Å². The Bertz CT molecular complexity index is 879. The number of nitrogens with zero attached hydrogens (tertiary/aromatic N) is 2. The van der Waals surface area contributed by atoms with Crippen molar-refractivity contribution in [2.24, 2.45) is 0 Å². The van der Waals surface area contributed by atoms with Crippen molar-refractivity contribution < 1.29 is 14.7 Å². The Labute approximate surface area is 158 Å². The average Bonchev–Trinajstić information content (AvgIpc) is 3.22. The van der Waals surface area contributed by atoms with E-state index < -0.39 is 11.5 Å². The first-order valence-corrected chi connectivity index (χ1v) is 9.76. The molecular formula is C21H25N3O3. The van der Waals surface area contributed by atoms with Crippen LogP contribution in [0.3, 0.4) is 0 Å². The number of amides is 1. The second-order valence-corrected chi connectivity index (χ2v) is 7.72. The summed E-state index contributed by atoms with van der Waals surface area (Å²) in [6, 6.07) is 8.27. The molecule has 1 saturated carbocycles. The molecule has 6 heteroatoms. The minimum Gasteiger partial charge on any atom is -0.481 e. The number of aliphatic carboxylic acids is 1. The highest BCUT2D eigenvalue weighted by atomic mass is 16.4. The Morgan fingerprint density at radius 3 is 2.52 bits per heavy atom. The second kappa shape index (κ2) is 6.83. The van der Waals surface area contributed by atoms with Gasteiger partial charge < -0.3 is 10.4 Å². The van der Waals surface area contributed by atoms with Gasteiger partial charge in [-0.3, -0.25) is 9.59 Å². The molecule has 1 amide bonds. The molecule has 1 aromatic carbocycles. The van der Waals surface area contributed by atoms with Crippen molar-refractivity contribution >= 4 is 11.9 Å². The second-order valence-electron chi connectivity index (χ2n) is 7.72. The van der Waals surface area contributed by atoms with Crippen LogP contribution in [-0.4, -0.2) is 32.3 Å². The molecule has 0 unspecified atom stereocenters. The number of carboxylic acid groups (broad SMARTS) is 1. The van der Waals surface area contributed by atoms with Crippen LogP contribution in [0.5, 0.6) is 0 Å². The summed E-state index contributed by atoms with van der Waals surface area (Å²) in [4.78, 5) is 24.1. The van der Waals surface area contributed by atoms with Gasteiger partial charge in [0.25, 0.3) is 5.91 Å². The predicted octanol–water partition coefficient (Wildman–Crippen LogP) is 3.05. The Kier molecular flexibility index (Phi) is 4.50. The summed E-state index contributed by atoms with van der Waals surface area (Å²) >= 11 is 0. The molecule has 1 aromatic heterocycles. The zero-order chi connectivity index (χ0) is 19.0. The van der Waals surface area contributed by atoms with E-state index in [2.05, 4.69) is 29.5 Å². The molecule has 142 valence electrons. The molecule has 0 spiro atoms. The monoisotopic (exact) mass is 367 g/mol. The predicted molar refractivity (Wildman–Crippen MR) is 101 cm³/mol. The number of fused-ring (bicyclic) bond motifs is 1. The fourth-order valence-electron chi connectivity index (χ4n) is 4.25. The van der Waals surface area contributed by atoms with Crippen LogP contribution in [0.2, 0.25) is 0 Å². The number of hydrogen-bond donors (Lipinski definition) is 2. The maximum absolute atomic E-state index is 13.0. The van der Waals surface area contributed by atoms with E-state index in [1.807, 2.05) is 16.8 Å². The van der Waals surface area contributed by atoms with Crippen LogP contribution >= 0.6 is 0 Å². The maximum Gasteiger partial charge on any atom is 0.305 e. The number of carboxylic acids is 1. The molecule has 2 aliphatic rings. The van der Waals surface area contributed by atoms with Gasteiger partial charge in [0.05, 0.1) is 17.6 Å². The number of aryl methyl sites for hydroxylation is 1. The van der Waals surface area contributed by atoms with Crippen molar-refractivity contribution in [2.75, 3.05) is 0 Å². The number of rotatable bonds is 6. The highest BCUT2D eigenvalue weighted by Gasteiger charge is 2.41. The molecule has 1 fully saturated rings. The van der Waals surface area contributed by atoms with Crippen LogP contribution < -0.4 is 5.32 Å². The summed E-state index contributed by atoms with van der Waals surface area (Å²) < 4.78 is 1.89. The third-order valence-electron chi connectivity index (χ3n) is 5.91. The fraction of sp³-hybridized carbons (Fsp3) is 0.476. The van der Waals surface area contributed by atoms with Crippen molar-refractivity contribution in [1.29, 1.82) is 0 Å². The van der Waals surface area contributed by atoms with E-state index >= 15 is 0 Å². The van der Waals surface area contributed by atoms with Gasteiger partial charge in [0, 0.05) is 11.3 Å². The summed E-state index contributed by atoms with van der Waals surface area (Å²) in [5.74, 6) is -1.11. The molecule has 27 heavy (non-hydrogen) atoms. The van der Waals surface area contributed by atoms with Crippen LogP contribution in [0.25, 0.3) is 5.69 Å². The number of nitrogens with one attached hydrogen (secondary N) is 1. The lowest BCUT2D eigenvalue weighted by Crippen LogP contribution is -2.54. The normalized spacial score (nSPS) is 17.2. The van der Waals surface area contributed by atoms with Crippen molar-refractivity contribution in [1.82, 2.24) is 15.1 Å². The van der Waals surface area contributed by atoms with Crippen molar-refractivity contribution in [3.8, 4) is 5.69 Å².